The van der Waals surface area contributed by atoms with Gasteiger partial charge in [0.15, 0.2) is 0 Å². The van der Waals surface area contributed by atoms with E-state index < -0.39 is 0 Å². The Bertz CT molecular complexity index is 770. The van der Waals surface area contributed by atoms with Gasteiger partial charge in [-0.15, -0.1) is 0 Å². The van der Waals surface area contributed by atoms with Gasteiger partial charge in [0.1, 0.15) is 10.8 Å². The van der Waals surface area contributed by atoms with Crippen molar-refractivity contribution < 1.29 is 4.79 Å². The minimum Gasteiger partial charge on any atom is -0.369 e. The summed E-state index contributed by atoms with van der Waals surface area (Å²) in [5, 5.41) is 3.81. The maximum atomic E-state index is 12.4. The van der Waals surface area contributed by atoms with Gasteiger partial charge in [-0.25, -0.2) is 0 Å². The molecular formula is C20H26Cl2N4O. The average molecular weight is 409 g/mol. The Morgan fingerprint density at radius 3 is 2.41 bits per heavy atom. The predicted molar refractivity (Wildman–Crippen MR) is 112 cm³/mol. The number of halogens is 2. The van der Waals surface area contributed by atoms with Crippen LogP contribution in [0.3, 0.4) is 0 Å². The summed E-state index contributed by atoms with van der Waals surface area (Å²) in [4.78, 5) is 17.3. The molecule has 1 atom stereocenters. The number of benzene rings is 1. The molecule has 146 valence electrons. The van der Waals surface area contributed by atoms with Crippen LogP contribution in [0.1, 0.15) is 23.8 Å². The second-order valence-corrected chi connectivity index (χ2v) is 7.82. The van der Waals surface area contributed by atoms with E-state index in [0.717, 1.165) is 39.1 Å². The first kappa shape index (κ1) is 20.1. The van der Waals surface area contributed by atoms with Crippen molar-refractivity contribution in [3.8, 4) is 0 Å². The number of para-hydroxylation sites is 1. The van der Waals surface area contributed by atoms with Gasteiger partial charge in [0.05, 0.1) is 5.02 Å². The lowest BCUT2D eigenvalue weighted by molar-refractivity contribution is 0.0927. The van der Waals surface area contributed by atoms with Gasteiger partial charge < -0.3 is 14.8 Å². The molecule has 1 amide bonds. The van der Waals surface area contributed by atoms with E-state index in [4.69, 9.17) is 23.2 Å². The van der Waals surface area contributed by atoms with Crippen LogP contribution in [0.4, 0.5) is 5.69 Å². The van der Waals surface area contributed by atoms with Crippen molar-refractivity contribution >= 4 is 34.8 Å². The van der Waals surface area contributed by atoms with Crippen LogP contribution in [0, 0.1) is 0 Å². The Kier molecular flexibility index (Phi) is 6.68. The van der Waals surface area contributed by atoms with Crippen LogP contribution < -0.4 is 10.2 Å². The Morgan fingerprint density at radius 1 is 1.15 bits per heavy atom. The summed E-state index contributed by atoms with van der Waals surface area (Å²) in [6, 6.07) is 12.2. The fraction of sp³-hybridized carbons (Fsp3) is 0.450. The Morgan fingerprint density at radius 2 is 1.81 bits per heavy atom. The van der Waals surface area contributed by atoms with Crippen molar-refractivity contribution in [2.24, 2.45) is 7.05 Å². The molecule has 5 nitrogen and oxygen atoms in total. The summed E-state index contributed by atoms with van der Waals surface area (Å²) in [7, 11) is 1.74. The molecule has 0 bridgehead atoms. The number of aromatic nitrogens is 1. The number of amides is 1. The molecule has 1 aromatic carbocycles. The topological polar surface area (TPSA) is 40.5 Å². The fourth-order valence-electron chi connectivity index (χ4n) is 3.37. The summed E-state index contributed by atoms with van der Waals surface area (Å²) < 4.78 is 1.61. The van der Waals surface area contributed by atoms with Gasteiger partial charge in [0, 0.05) is 51.5 Å². The third kappa shape index (κ3) is 4.98. The van der Waals surface area contributed by atoms with Crippen LogP contribution in [0.2, 0.25) is 10.2 Å². The highest BCUT2D eigenvalue weighted by molar-refractivity contribution is 6.41. The van der Waals surface area contributed by atoms with Crippen LogP contribution in [0.15, 0.2) is 36.4 Å². The van der Waals surface area contributed by atoms with Gasteiger partial charge in [-0.1, -0.05) is 41.4 Å². The highest BCUT2D eigenvalue weighted by Crippen LogP contribution is 2.25. The number of nitrogens with zero attached hydrogens (tertiary/aromatic N) is 3. The predicted octanol–water partition coefficient (Wildman–Crippen LogP) is 3.66. The molecule has 1 aliphatic heterocycles. The molecule has 2 aromatic rings. The monoisotopic (exact) mass is 408 g/mol. The molecule has 1 N–H and O–H groups in total. The van der Waals surface area contributed by atoms with Crippen LogP contribution in [0.5, 0.6) is 0 Å². The van der Waals surface area contributed by atoms with Gasteiger partial charge in [0.2, 0.25) is 0 Å². The van der Waals surface area contributed by atoms with E-state index in [2.05, 4.69) is 39.4 Å². The lowest BCUT2D eigenvalue weighted by Crippen LogP contribution is -2.47. The van der Waals surface area contributed by atoms with Gasteiger partial charge >= 0.3 is 0 Å². The summed E-state index contributed by atoms with van der Waals surface area (Å²) in [6.07, 6.45) is 0.906. The van der Waals surface area contributed by atoms with E-state index in [1.807, 2.05) is 13.0 Å². The van der Waals surface area contributed by atoms with Crippen molar-refractivity contribution in [2.45, 2.75) is 19.4 Å². The van der Waals surface area contributed by atoms with Crippen LogP contribution in [0.25, 0.3) is 0 Å². The maximum Gasteiger partial charge on any atom is 0.268 e. The first-order chi connectivity index (χ1) is 13.0. The number of hydrogen-bond donors (Lipinski definition) is 1. The first-order valence-corrected chi connectivity index (χ1v) is 10.0. The third-order valence-electron chi connectivity index (χ3n) is 5.10. The summed E-state index contributed by atoms with van der Waals surface area (Å²) in [5.41, 5.74) is 1.77. The number of anilines is 1. The molecule has 0 radical (unpaired) electrons. The zero-order valence-corrected chi connectivity index (χ0v) is 17.3. The number of piperazine rings is 1. The van der Waals surface area contributed by atoms with E-state index in [1.54, 1.807) is 17.7 Å². The molecule has 2 heterocycles. The molecule has 7 heteroatoms. The van der Waals surface area contributed by atoms with Crippen LogP contribution >= 0.6 is 23.2 Å². The molecule has 1 aromatic heterocycles. The molecule has 1 fully saturated rings. The maximum absolute atomic E-state index is 12.4. The fourth-order valence-corrected chi connectivity index (χ4v) is 3.75. The van der Waals surface area contributed by atoms with E-state index in [1.165, 1.54) is 5.69 Å². The summed E-state index contributed by atoms with van der Waals surface area (Å²) in [5.74, 6) is -0.146. The van der Waals surface area contributed by atoms with E-state index in [9.17, 15) is 4.79 Å². The number of hydrogen-bond acceptors (Lipinski definition) is 3. The number of rotatable bonds is 6. The number of carbonyl (C=O) groups is 1. The Labute approximate surface area is 170 Å². The Balaban J connectivity index is 1.42. The van der Waals surface area contributed by atoms with Crippen molar-refractivity contribution in [1.29, 1.82) is 0 Å². The quantitative estimate of drug-likeness (QED) is 0.792. The lowest BCUT2D eigenvalue weighted by atomic mass is 10.2. The standard InChI is InChI=1S/C20H26Cl2N4O/c1-15(23-20(27)18-14-17(21)19(22)24(18)2)8-9-25-10-12-26(13-11-25)16-6-4-3-5-7-16/h3-7,14-15H,8-13H2,1-2H3,(H,23,27)/t15-/m1/s1. The molecule has 3 rings (SSSR count). The molecule has 27 heavy (non-hydrogen) atoms. The zero-order chi connectivity index (χ0) is 19.4. The SMILES string of the molecule is C[C@H](CCN1CCN(c2ccccc2)CC1)NC(=O)c1cc(Cl)c(Cl)n1C. The highest BCUT2D eigenvalue weighted by atomic mass is 35.5. The van der Waals surface area contributed by atoms with Crippen molar-refractivity contribution in [3.05, 3.63) is 52.3 Å². The number of carbonyl (C=O) groups excluding carboxylic acids is 1. The first-order valence-electron chi connectivity index (χ1n) is 9.29. The number of nitrogens with one attached hydrogen (secondary N) is 1. The van der Waals surface area contributed by atoms with E-state index in [-0.39, 0.29) is 11.9 Å². The normalized spacial score (nSPS) is 16.4. The molecule has 0 unspecified atom stereocenters. The van der Waals surface area contributed by atoms with Crippen LogP contribution in [-0.4, -0.2) is 54.1 Å². The molecule has 0 aliphatic carbocycles. The molecule has 1 aliphatic rings. The minimum atomic E-state index is -0.146. The molecule has 0 saturated carbocycles. The molecule has 1 saturated heterocycles. The average Bonchev–Trinajstić information content (AvgIpc) is 2.95. The summed E-state index contributed by atoms with van der Waals surface area (Å²) in [6.45, 7) is 7.15. The van der Waals surface area contributed by atoms with E-state index >= 15 is 0 Å². The second kappa shape index (κ2) is 9.00. The van der Waals surface area contributed by atoms with Crippen LogP contribution in [-0.2, 0) is 7.05 Å². The minimum absolute atomic E-state index is 0.0807. The lowest BCUT2D eigenvalue weighted by Gasteiger charge is -2.36. The van der Waals surface area contributed by atoms with Crippen molar-refractivity contribution in [1.82, 2.24) is 14.8 Å². The molecular weight excluding hydrogens is 383 g/mol. The second-order valence-electron chi connectivity index (χ2n) is 7.05. The smallest absolute Gasteiger partial charge is 0.268 e. The highest BCUT2D eigenvalue weighted by Gasteiger charge is 2.20. The third-order valence-corrected chi connectivity index (χ3v) is 5.94. The van der Waals surface area contributed by atoms with Crippen molar-refractivity contribution in [2.75, 3.05) is 37.6 Å². The largest absolute Gasteiger partial charge is 0.369 e. The van der Waals surface area contributed by atoms with Gasteiger partial charge in [-0.2, -0.15) is 0 Å². The van der Waals surface area contributed by atoms with E-state index in [0.29, 0.717) is 15.9 Å². The zero-order valence-electron chi connectivity index (χ0n) is 15.8. The van der Waals surface area contributed by atoms with Gasteiger partial charge in [0.25, 0.3) is 5.91 Å². The van der Waals surface area contributed by atoms with Gasteiger partial charge in [-0.05, 0) is 31.5 Å². The van der Waals surface area contributed by atoms with Gasteiger partial charge in [-0.3, -0.25) is 9.69 Å². The van der Waals surface area contributed by atoms with Crippen molar-refractivity contribution in [3.63, 3.8) is 0 Å². The summed E-state index contributed by atoms with van der Waals surface area (Å²) >= 11 is 12.0. The Hall–Kier alpha value is -1.69. The molecule has 0 spiro atoms.